The van der Waals surface area contributed by atoms with Crippen LogP contribution in [0.2, 0.25) is 0 Å². The number of allylic oxidation sites excluding steroid dienone is 44. The predicted octanol–water partition coefficient (Wildman–Crippen LogP) is 15.5. The maximum absolute atomic E-state index is 2.63. The van der Waals surface area contributed by atoms with Crippen LogP contribution in [0.1, 0.15) is 70.6 Å². The first-order valence-electron chi connectivity index (χ1n) is 25.1. The molecular weight excluding hydrogens is 769 g/mol. The highest BCUT2D eigenvalue weighted by Gasteiger charge is 2.41. The van der Waals surface area contributed by atoms with Crippen molar-refractivity contribution in [2.45, 2.75) is 70.6 Å². The Morgan fingerprint density at radius 2 is 0.750 bits per heavy atom. The van der Waals surface area contributed by atoms with Gasteiger partial charge in [0, 0.05) is 41.4 Å². The Morgan fingerprint density at radius 1 is 0.297 bits per heavy atom. The van der Waals surface area contributed by atoms with E-state index in [1.165, 1.54) is 81.8 Å². The molecule has 0 nitrogen and oxygen atoms in total. The van der Waals surface area contributed by atoms with Crippen LogP contribution in [0.4, 0.5) is 0 Å². The van der Waals surface area contributed by atoms with E-state index in [2.05, 4.69) is 164 Å². The third kappa shape index (κ3) is 6.07. The second-order valence-electron chi connectivity index (χ2n) is 21.0. The first-order valence-corrected chi connectivity index (χ1v) is 25.1. The zero-order chi connectivity index (χ0) is 41.9. The second-order valence-corrected chi connectivity index (χ2v) is 21.0. The molecule has 0 heteroatoms. The van der Waals surface area contributed by atoms with Crippen LogP contribution in [0.15, 0.2) is 259 Å². The molecule has 0 aromatic rings. The number of rotatable bonds is 3. The number of hydrogen-bond acceptors (Lipinski definition) is 0. The molecule has 14 aliphatic carbocycles. The van der Waals surface area contributed by atoms with E-state index in [1.807, 2.05) is 0 Å². The van der Waals surface area contributed by atoms with Crippen LogP contribution in [0.3, 0.4) is 0 Å². The molecule has 0 amide bonds. The van der Waals surface area contributed by atoms with Crippen LogP contribution < -0.4 is 0 Å². The summed E-state index contributed by atoms with van der Waals surface area (Å²) in [7, 11) is 0. The quantitative estimate of drug-likeness (QED) is 0.266. The molecule has 0 aliphatic heterocycles. The average Bonchev–Trinajstić information content (AvgIpc) is 3.37. The lowest BCUT2D eigenvalue weighted by molar-refractivity contribution is 0.370. The van der Waals surface area contributed by atoms with Gasteiger partial charge < -0.3 is 0 Å². The first-order chi connectivity index (χ1) is 31.7. The molecule has 0 aromatic heterocycles. The van der Waals surface area contributed by atoms with Gasteiger partial charge in [-0.1, -0.05) is 164 Å². The zero-order valence-corrected chi connectivity index (χ0v) is 37.1. The number of fused-ring (bicyclic) bond motifs is 11. The van der Waals surface area contributed by atoms with Gasteiger partial charge in [-0.2, -0.15) is 0 Å². The van der Waals surface area contributed by atoms with Crippen LogP contribution >= 0.6 is 0 Å². The fourth-order valence-electron chi connectivity index (χ4n) is 14.5. The molecule has 0 radical (unpaired) electrons. The normalized spacial score (nSPS) is 35.6. The van der Waals surface area contributed by atoms with Gasteiger partial charge >= 0.3 is 0 Å². The van der Waals surface area contributed by atoms with E-state index in [4.69, 9.17) is 0 Å². The summed E-state index contributed by atoms with van der Waals surface area (Å²) in [5.74, 6) is 4.49. The molecule has 0 N–H and O–H groups in total. The minimum Gasteiger partial charge on any atom is -0.0796 e. The highest BCUT2D eigenvalue weighted by molar-refractivity contribution is 5.61. The van der Waals surface area contributed by atoms with Crippen molar-refractivity contribution in [3.8, 4) is 0 Å². The molecule has 0 heterocycles. The van der Waals surface area contributed by atoms with Crippen molar-refractivity contribution in [2.75, 3.05) is 0 Å². The third-order valence-corrected chi connectivity index (χ3v) is 17.9. The summed E-state index contributed by atoms with van der Waals surface area (Å²) in [6.45, 7) is 0. The maximum Gasteiger partial charge on any atom is 0.0128 e. The summed E-state index contributed by atoms with van der Waals surface area (Å²) in [6, 6.07) is 0. The van der Waals surface area contributed by atoms with Crippen LogP contribution in [0, 0.1) is 53.3 Å². The lowest BCUT2D eigenvalue weighted by Gasteiger charge is -2.43. The Labute approximate surface area is 380 Å². The fraction of sp³-hybridized carbons (Fsp3) is 0.312. The van der Waals surface area contributed by atoms with Crippen LogP contribution in [0.5, 0.6) is 0 Å². The van der Waals surface area contributed by atoms with E-state index < -0.39 is 0 Å². The molecule has 64 heavy (non-hydrogen) atoms. The van der Waals surface area contributed by atoms with E-state index >= 15 is 0 Å². The summed E-state index contributed by atoms with van der Waals surface area (Å²) < 4.78 is 0. The first kappa shape index (κ1) is 37.6. The Hall–Kier alpha value is -5.72. The van der Waals surface area contributed by atoms with E-state index in [0.717, 1.165) is 0 Å². The summed E-state index contributed by atoms with van der Waals surface area (Å²) in [5, 5.41) is 0. The Balaban J connectivity index is 0.669. The molecule has 0 spiro atoms. The molecule has 14 aliphatic rings. The van der Waals surface area contributed by atoms with Crippen LogP contribution in [0.25, 0.3) is 0 Å². The summed E-state index contributed by atoms with van der Waals surface area (Å²) >= 11 is 0. The second kappa shape index (κ2) is 14.9. The molecule has 14 rings (SSSR count). The van der Waals surface area contributed by atoms with E-state index in [0.29, 0.717) is 53.3 Å². The molecule has 314 valence electrons. The third-order valence-electron chi connectivity index (χ3n) is 17.9. The van der Waals surface area contributed by atoms with Gasteiger partial charge in [-0.05, 0) is 177 Å². The predicted molar refractivity (Wildman–Crippen MR) is 265 cm³/mol. The van der Waals surface area contributed by atoms with Gasteiger partial charge in [-0.15, -0.1) is 0 Å². The molecular formula is C64H58. The van der Waals surface area contributed by atoms with Crippen molar-refractivity contribution in [1.82, 2.24) is 0 Å². The van der Waals surface area contributed by atoms with Gasteiger partial charge in [-0.25, -0.2) is 0 Å². The Morgan fingerprint density at radius 3 is 1.38 bits per heavy atom. The zero-order valence-electron chi connectivity index (χ0n) is 37.1. The van der Waals surface area contributed by atoms with Gasteiger partial charge in [0.25, 0.3) is 0 Å². The summed E-state index contributed by atoms with van der Waals surface area (Å²) in [5.41, 5.74) is 26.9. The molecule has 0 aromatic carbocycles. The van der Waals surface area contributed by atoms with Crippen LogP contribution in [-0.2, 0) is 0 Å². The highest BCUT2D eigenvalue weighted by Crippen LogP contribution is 2.53. The minimum atomic E-state index is 0.453. The van der Waals surface area contributed by atoms with Gasteiger partial charge in [0.15, 0.2) is 0 Å². The monoisotopic (exact) mass is 826 g/mol. The topological polar surface area (TPSA) is 0 Å². The van der Waals surface area contributed by atoms with Gasteiger partial charge in [-0.3, -0.25) is 0 Å². The van der Waals surface area contributed by atoms with Gasteiger partial charge in [0.05, 0.1) is 0 Å². The lowest BCUT2D eigenvalue weighted by atomic mass is 9.61. The average molecular weight is 827 g/mol. The SMILES string of the molecule is C1=CC2C=CC3=C(C=CC4C5=C(C=CC34)CCC(C3=CC4=C(C=C(C6=CC7=C(C=C(C8=CC=C9C=CC%10C%11=C(C=CC%10C9C8)C8C=CC=CC8C=C%11)CC7)CC6)CC4)CC3)=C5)C2C=C1. The Bertz CT molecular complexity index is 2920. The molecule has 9 atom stereocenters. The van der Waals surface area contributed by atoms with Crippen molar-refractivity contribution in [3.05, 3.63) is 259 Å². The lowest BCUT2D eigenvalue weighted by Crippen LogP contribution is -2.32. The molecule has 9 unspecified atom stereocenters. The molecule has 0 saturated heterocycles. The largest absolute Gasteiger partial charge is 0.0796 e. The highest BCUT2D eigenvalue weighted by atomic mass is 14.4. The maximum atomic E-state index is 2.63. The fourth-order valence-corrected chi connectivity index (χ4v) is 14.5. The van der Waals surface area contributed by atoms with Gasteiger partial charge in [0.2, 0.25) is 0 Å². The van der Waals surface area contributed by atoms with Crippen molar-refractivity contribution < 1.29 is 0 Å². The van der Waals surface area contributed by atoms with Crippen molar-refractivity contribution in [3.63, 3.8) is 0 Å². The van der Waals surface area contributed by atoms with Crippen molar-refractivity contribution >= 4 is 0 Å². The minimum absolute atomic E-state index is 0.453. The van der Waals surface area contributed by atoms with E-state index in [-0.39, 0.29) is 0 Å². The molecule has 0 fully saturated rings. The van der Waals surface area contributed by atoms with E-state index in [9.17, 15) is 0 Å². The van der Waals surface area contributed by atoms with Crippen molar-refractivity contribution in [1.29, 1.82) is 0 Å². The van der Waals surface area contributed by atoms with E-state index in [1.54, 1.807) is 83.6 Å². The van der Waals surface area contributed by atoms with Crippen molar-refractivity contribution in [2.24, 2.45) is 53.3 Å². The summed E-state index contributed by atoms with van der Waals surface area (Å²) in [6.07, 6.45) is 79.4. The molecule has 0 saturated carbocycles. The van der Waals surface area contributed by atoms with Gasteiger partial charge in [0.1, 0.15) is 0 Å². The standard InChI is InChI=1S/C64H58/c1-3-7-53-39(5-1)21-25-57-55(53)29-31-61-59(57)27-23-41-9-11-51(37-63(41)61)49-19-17-45-33-43(13-15-47(45)35-49)44-14-16-48-36-50(20-18-46(48)34-44)52-12-10-42-24-28-60-58-26-22-40-6-2-4-8-54(40)56(58)30-32-62(60)64(42)38-52/h1-9,11,21-36,38-40,53-54,59-63H,10,12-20,37H2. The van der Waals surface area contributed by atoms with Crippen LogP contribution in [-0.4, -0.2) is 0 Å². The summed E-state index contributed by atoms with van der Waals surface area (Å²) in [4.78, 5) is 0. The number of hydrogen-bond donors (Lipinski definition) is 0. The smallest absolute Gasteiger partial charge is 0.0128 e. The molecule has 0 bridgehead atoms. The Kier molecular flexibility index (Phi) is 8.77.